The molecule has 1 fully saturated rings. The first-order chi connectivity index (χ1) is 14.2. The minimum absolute atomic E-state index is 0.110. The zero-order valence-corrected chi connectivity index (χ0v) is 16.3. The number of hydrogen-bond donors (Lipinski definition) is 1. The molecule has 4 rings (SSSR count). The van der Waals surface area contributed by atoms with Gasteiger partial charge in [-0.05, 0) is 37.6 Å². The van der Waals surface area contributed by atoms with Gasteiger partial charge in [0.2, 0.25) is 0 Å². The summed E-state index contributed by atoms with van der Waals surface area (Å²) in [6.07, 6.45) is 2.51. The number of anilines is 1. The molecule has 3 aromatic rings. The molecule has 2 aromatic heterocycles. The number of amides is 2. The first kappa shape index (κ1) is 18.8. The molecule has 1 aliphatic rings. The van der Waals surface area contributed by atoms with Crippen LogP contribution in [0.15, 0.2) is 53.1 Å². The topological polar surface area (TPSA) is 85.4 Å². The van der Waals surface area contributed by atoms with Crippen molar-refractivity contribution >= 4 is 22.8 Å². The Bertz CT molecular complexity index is 1020. The van der Waals surface area contributed by atoms with Gasteiger partial charge in [0.25, 0.3) is 0 Å². The van der Waals surface area contributed by atoms with Crippen LogP contribution in [0.5, 0.6) is 0 Å². The summed E-state index contributed by atoms with van der Waals surface area (Å²) in [5.41, 5.74) is 1.38. The summed E-state index contributed by atoms with van der Waals surface area (Å²) in [7, 11) is 0. The fourth-order valence-electron chi connectivity index (χ4n) is 3.63. The first-order valence-electron chi connectivity index (χ1n) is 9.79. The molecule has 1 aliphatic heterocycles. The quantitative estimate of drug-likeness (QED) is 0.738. The van der Waals surface area contributed by atoms with Gasteiger partial charge in [-0.3, -0.25) is 0 Å². The van der Waals surface area contributed by atoms with Crippen LogP contribution < -0.4 is 10.2 Å². The van der Waals surface area contributed by atoms with Crippen LogP contribution in [0, 0.1) is 11.3 Å². The third-order valence-corrected chi connectivity index (χ3v) is 5.20. The lowest BCUT2D eigenvalue weighted by Crippen LogP contribution is -2.43. The molecule has 7 heteroatoms. The van der Waals surface area contributed by atoms with Crippen LogP contribution in [-0.2, 0) is 0 Å². The zero-order valence-electron chi connectivity index (χ0n) is 16.3. The van der Waals surface area contributed by atoms with E-state index in [1.165, 1.54) is 0 Å². The van der Waals surface area contributed by atoms with Gasteiger partial charge in [0, 0.05) is 37.8 Å². The van der Waals surface area contributed by atoms with Gasteiger partial charge in [-0.25, -0.2) is 9.78 Å². The van der Waals surface area contributed by atoms with Crippen LogP contribution in [0.1, 0.15) is 30.7 Å². The van der Waals surface area contributed by atoms with E-state index in [2.05, 4.69) is 21.3 Å². The van der Waals surface area contributed by atoms with Crippen molar-refractivity contribution in [1.82, 2.24) is 15.2 Å². The van der Waals surface area contributed by atoms with Crippen molar-refractivity contribution < 1.29 is 9.21 Å². The first-order valence-corrected chi connectivity index (χ1v) is 9.79. The number of carbonyl (C=O) groups excluding carboxylic acids is 1. The second-order valence-corrected chi connectivity index (χ2v) is 7.17. The number of urea groups is 1. The highest BCUT2D eigenvalue weighted by Crippen LogP contribution is 2.24. The number of hydrogen-bond acceptors (Lipinski definition) is 5. The van der Waals surface area contributed by atoms with E-state index in [1.807, 2.05) is 42.2 Å². The third kappa shape index (κ3) is 4.02. The lowest BCUT2D eigenvalue weighted by Gasteiger charge is -2.24. The molecule has 2 amide bonds. The number of aromatic nitrogens is 1. The Kier molecular flexibility index (Phi) is 5.34. The molecule has 29 heavy (non-hydrogen) atoms. The Morgan fingerprint density at radius 1 is 1.21 bits per heavy atom. The highest BCUT2D eigenvalue weighted by atomic mass is 16.3. The highest BCUT2D eigenvalue weighted by molar-refractivity contribution is 5.78. The van der Waals surface area contributed by atoms with Crippen molar-refractivity contribution in [2.45, 2.75) is 19.4 Å². The van der Waals surface area contributed by atoms with Gasteiger partial charge in [0.1, 0.15) is 23.2 Å². The van der Waals surface area contributed by atoms with Gasteiger partial charge >= 0.3 is 6.03 Å². The number of fused-ring (bicyclic) bond motifs is 1. The molecule has 1 unspecified atom stereocenters. The van der Waals surface area contributed by atoms with E-state index in [9.17, 15) is 10.1 Å². The van der Waals surface area contributed by atoms with Gasteiger partial charge < -0.3 is 19.5 Å². The van der Waals surface area contributed by atoms with Gasteiger partial charge in [0.15, 0.2) is 0 Å². The molecule has 0 radical (unpaired) electrons. The van der Waals surface area contributed by atoms with Crippen molar-refractivity contribution in [3.63, 3.8) is 0 Å². The van der Waals surface area contributed by atoms with E-state index in [0.717, 1.165) is 29.7 Å². The summed E-state index contributed by atoms with van der Waals surface area (Å²) >= 11 is 0. The minimum Gasteiger partial charge on any atom is -0.459 e. The summed E-state index contributed by atoms with van der Waals surface area (Å²) in [6.45, 7) is 4.55. The van der Waals surface area contributed by atoms with Crippen LogP contribution in [0.2, 0.25) is 0 Å². The van der Waals surface area contributed by atoms with Crippen molar-refractivity contribution in [3.8, 4) is 6.07 Å². The number of nitrogens with one attached hydrogen (secondary N) is 1. The molecular weight excluding hydrogens is 366 g/mol. The maximum atomic E-state index is 12.8. The average Bonchev–Trinajstić information content (AvgIpc) is 3.03. The van der Waals surface area contributed by atoms with E-state index in [1.54, 1.807) is 18.3 Å². The lowest BCUT2D eigenvalue weighted by molar-refractivity contribution is 0.196. The minimum atomic E-state index is -0.227. The lowest BCUT2D eigenvalue weighted by atomic mass is 10.2. The fourth-order valence-corrected chi connectivity index (χ4v) is 3.63. The predicted octanol–water partition coefficient (Wildman–Crippen LogP) is 3.68. The Hall–Kier alpha value is -3.53. The molecular formula is C22H23N5O2. The van der Waals surface area contributed by atoms with Crippen LogP contribution in [0.25, 0.3) is 11.0 Å². The van der Waals surface area contributed by atoms with Crippen LogP contribution >= 0.6 is 0 Å². The normalized spacial score (nSPS) is 15.6. The van der Waals surface area contributed by atoms with Crippen LogP contribution in [0.4, 0.5) is 10.6 Å². The number of benzene rings is 1. The van der Waals surface area contributed by atoms with E-state index in [0.29, 0.717) is 31.0 Å². The zero-order chi connectivity index (χ0) is 20.2. The number of carbonyl (C=O) groups is 1. The monoisotopic (exact) mass is 389 g/mol. The number of nitriles is 1. The van der Waals surface area contributed by atoms with E-state index in [-0.39, 0.29) is 12.1 Å². The van der Waals surface area contributed by atoms with Gasteiger partial charge in [-0.1, -0.05) is 18.2 Å². The number of furan rings is 1. The maximum Gasteiger partial charge on any atom is 0.318 e. The van der Waals surface area contributed by atoms with Crippen LogP contribution in [-0.4, -0.2) is 42.1 Å². The molecule has 1 aromatic carbocycles. The Balaban J connectivity index is 1.40. The summed E-state index contributed by atoms with van der Waals surface area (Å²) in [5.74, 6) is 1.43. The molecule has 0 bridgehead atoms. The van der Waals surface area contributed by atoms with Crippen molar-refractivity contribution in [2.75, 3.05) is 31.1 Å². The molecule has 0 aliphatic carbocycles. The number of rotatable bonds is 3. The Morgan fingerprint density at radius 2 is 2.07 bits per heavy atom. The largest absolute Gasteiger partial charge is 0.459 e. The average molecular weight is 389 g/mol. The second-order valence-electron chi connectivity index (χ2n) is 7.17. The molecule has 0 spiro atoms. The molecule has 7 nitrogen and oxygen atoms in total. The van der Waals surface area contributed by atoms with Crippen molar-refractivity contribution in [1.29, 1.82) is 5.26 Å². The van der Waals surface area contributed by atoms with Gasteiger partial charge in [-0.15, -0.1) is 0 Å². The fraction of sp³-hybridized carbons (Fsp3) is 0.318. The molecule has 1 N–H and O–H groups in total. The summed E-state index contributed by atoms with van der Waals surface area (Å²) < 4.78 is 5.86. The Labute approximate surface area is 169 Å². The van der Waals surface area contributed by atoms with Crippen LogP contribution in [0.3, 0.4) is 0 Å². The van der Waals surface area contributed by atoms with Gasteiger partial charge in [-0.2, -0.15) is 5.26 Å². The smallest absolute Gasteiger partial charge is 0.318 e. The molecule has 3 heterocycles. The standard InChI is InChI=1S/C22H23N5O2/c1-16(20-14-17-6-2-3-8-19(17)29-20)25-22(28)27-11-5-10-26(12-13-27)21-18(15-23)7-4-9-24-21/h2-4,6-9,14,16H,5,10-13H2,1H3,(H,25,28). The Morgan fingerprint density at radius 3 is 2.90 bits per heavy atom. The molecule has 1 atom stereocenters. The van der Waals surface area contributed by atoms with Crippen molar-refractivity contribution in [3.05, 3.63) is 60.0 Å². The number of pyridine rings is 1. The summed E-state index contributed by atoms with van der Waals surface area (Å²) in [6, 6.07) is 15.2. The molecule has 0 saturated carbocycles. The summed E-state index contributed by atoms with van der Waals surface area (Å²) in [5, 5.41) is 13.4. The number of para-hydroxylation sites is 1. The maximum absolute atomic E-state index is 12.8. The molecule has 148 valence electrons. The predicted molar refractivity (Wildman–Crippen MR) is 111 cm³/mol. The van der Waals surface area contributed by atoms with E-state index < -0.39 is 0 Å². The second kappa shape index (κ2) is 8.23. The van der Waals surface area contributed by atoms with E-state index in [4.69, 9.17) is 4.42 Å². The number of nitrogens with zero attached hydrogens (tertiary/aromatic N) is 4. The third-order valence-electron chi connectivity index (χ3n) is 5.20. The summed E-state index contributed by atoms with van der Waals surface area (Å²) in [4.78, 5) is 21.1. The highest BCUT2D eigenvalue weighted by Gasteiger charge is 2.23. The van der Waals surface area contributed by atoms with Gasteiger partial charge in [0.05, 0.1) is 11.6 Å². The SMILES string of the molecule is CC(NC(=O)N1CCCN(c2ncccc2C#N)CC1)c1cc2ccccc2o1. The van der Waals surface area contributed by atoms with E-state index >= 15 is 0 Å². The van der Waals surface area contributed by atoms with Crippen molar-refractivity contribution in [2.24, 2.45) is 0 Å². The molecule has 1 saturated heterocycles.